The highest BCUT2D eigenvalue weighted by Gasteiger charge is 2.20. The summed E-state index contributed by atoms with van der Waals surface area (Å²) in [6.45, 7) is 3.42. The van der Waals surface area contributed by atoms with Gasteiger partial charge in [0.05, 0.1) is 33.2 Å². The Morgan fingerprint density at radius 3 is 2.72 bits per heavy atom. The molecule has 0 spiro atoms. The Kier molecular flexibility index (Phi) is 7.96. The monoisotopic (exact) mass is 555 g/mol. The zero-order chi connectivity index (χ0) is 24.9. The number of carbonyl (C=O) groups is 1. The Morgan fingerprint density at radius 2 is 1.92 bits per heavy atom. The Labute approximate surface area is 227 Å². The van der Waals surface area contributed by atoms with Crippen molar-refractivity contribution in [3.05, 3.63) is 81.1 Å². The number of carbonyl (C=O) groups excluding carboxylic acids is 1. The fourth-order valence-corrected chi connectivity index (χ4v) is 5.91. The van der Waals surface area contributed by atoms with Gasteiger partial charge < -0.3 is 9.80 Å². The molecule has 1 N–H and O–H groups in total. The minimum absolute atomic E-state index is 0.148. The molecule has 3 heterocycles. The van der Waals surface area contributed by atoms with Crippen molar-refractivity contribution in [3.8, 4) is 0 Å². The van der Waals surface area contributed by atoms with Crippen molar-refractivity contribution in [3.63, 3.8) is 0 Å². The number of benzene rings is 2. The predicted molar refractivity (Wildman–Crippen MR) is 153 cm³/mol. The molecule has 10 heteroatoms. The lowest BCUT2D eigenvalue weighted by Gasteiger charge is -2.38. The number of fused-ring (bicyclic) bond motifs is 1. The maximum Gasteiger partial charge on any atom is 0.250 e. The number of piperazine rings is 1. The number of hydrazone groups is 1. The van der Waals surface area contributed by atoms with Gasteiger partial charge in [-0.1, -0.05) is 35.3 Å². The number of hydrogen-bond acceptors (Lipinski definition) is 7. The number of nitrogens with zero attached hydrogens (tertiary/aromatic N) is 4. The molecule has 0 aliphatic carbocycles. The molecular formula is C26H23Cl2N5OS2. The number of amides is 1. The van der Waals surface area contributed by atoms with E-state index in [4.69, 9.17) is 23.2 Å². The number of pyridine rings is 1. The van der Waals surface area contributed by atoms with E-state index in [9.17, 15) is 4.79 Å². The Bertz CT molecular complexity index is 1390. The van der Waals surface area contributed by atoms with Crippen LogP contribution in [0.25, 0.3) is 10.9 Å². The van der Waals surface area contributed by atoms with Crippen LogP contribution >= 0.6 is 46.3 Å². The molecule has 0 radical (unpaired) electrons. The summed E-state index contributed by atoms with van der Waals surface area (Å²) >= 11 is 15.7. The van der Waals surface area contributed by atoms with Crippen LogP contribution in [-0.4, -0.2) is 49.0 Å². The van der Waals surface area contributed by atoms with Crippen molar-refractivity contribution in [2.24, 2.45) is 5.10 Å². The standard InChI is InChI=1S/C26H23Cl2N5OS2/c27-21-4-1-5-23(26(21)28)33-12-10-32(11-13-33)18-6-7-22-20(15-18)24(8-9-29-22)36-17-25(34)31-30-16-19-3-2-14-35-19/h1-9,14-16H,10-13,17H2,(H,31,34)/b30-16+. The lowest BCUT2D eigenvalue weighted by atomic mass is 10.1. The van der Waals surface area contributed by atoms with Gasteiger partial charge in [-0.25, -0.2) is 5.43 Å². The van der Waals surface area contributed by atoms with Crippen LogP contribution in [0.3, 0.4) is 0 Å². The molecule has 4 aromatic rings. The van der Waals surface area contributed by atoms with Gasteiger partial charge >= 0.3 is 0 Å². The molecule has 0 unspecified atom stereocenters. The lowest BCUT2D eigenvalue weighted by Crippen LogP contribution is -2.46. The highest BCUT2D eigenvalue weighted by Crippen LogP contribution is 2.34. The summed E-state index contributed by atoms with van der Waals surface area (Å²) in [5.41, 5.74) is 5.62. The van der Waals surface area contributed by atoms with Crippen LogP contribution < -0.4 is 15.2 Å². The van der Waals surface area contributed by atoms with Gasteiger partial charge in [-0.15, -0.1) is 23.1 Å². The van der Waals surface area contributed by atoms with Crippen molar-refractivity contribution in [2.75, 3.05) is 41.7 Å². The molecule has 1 fully saturated rings. The van der Waals surface area contributed by atoms with E-state index in [1.165, 1.54) is 11.8 Å². The number of thioether (sulfide) groups is 1. The molecular weight excluding hydrogens is 533 g/mol. The van der Waals surface area contributed by atoms with Gasteiger partial charge in [0.15, 0.2) is 0 Å². The summed E-state index contributed by atoms with van der Waals surface area (Å²) in [6, 6.07) is 17.9. The second-order valence-electron chi connectivity index (χ2n) is 8.15. The van der Waals surface area contributed by atoms with Gasteiger partial charge in [0.25, 0.3) is 0 Å². The number of aromatic nitrogens is 1. The number of nitrogens with one attached hydrogen (secondary N) is 1. The molecule has 1 aliphatic heterocycles. The van der Waals surface area contributed by atoms with E-state index < -0.39 is 0 Å². The first-order valence-electron chi connectivity index (χ1n) is 11.4. The van der Waals surface area contributed by atoms with Crippen LogP contribution in [0.4, 0.5) is 11.4 Å². The highest BCUT2D eigenvalue weighted by atomic mass is 35.5. The number of rotatable bonds is 7. The van der Waals surface area contributed by atoms with Crippen LogP contribution in [0.5, 0.6) is 0 Å². The number of halogens is 2. The smallest absolute Gasteiger partial charge is 0.250 e. The average molecular weight is 557 g/mol. The van der Waals surface area contributed by atoms with Crippen LogP contribution in [-0.2, 0) is 4.79 Å². The Morgan fingerprint density at radius 1 is 1.08 bits per heavy atom. The van der Waals surface area contributed by atoms with E-state index in [2.05, 4.69) is 37.4 Å². The lowest BCUT2D eigenvalue weighted by molar-refractivity contribution is -0.118. The second-order valence-corrected chi connectivity index (χ2v) is 10.9. The minimum atomic E-state index is -0.148. The molecule has 36 heavy (non-hydrogen) atoms. The summed E-state index contributed by atoms with van der Waals surface area (Å²) in [4.78, 5) is 23.5. The zero-order valence-electron chi connectivity index (χ0n) is 19.2. The summed E-state index contributed by atoms with van der Waals surface area (Å²) in [6.07, 6.45) is 3.44. The van der Waals surface area contributed by atoms with Gasteiger partial charge in [-0.05, 0) is 47.8 Å². The van der Waals surface area contributed by atoms with Crippen LogP contribution in [0.2, 0.25) is 10.0 Å². The average Bonchev–Trinajstić information content (AvgIpc) is 3.42. The normalized spacial score (nSPS) is 14.1. The first kappa shape index (κ1) is 24.9. The van der Waals surface area contributed by atoms with E-state index in [0.717, 1.165) is 58.2 Å². The van der Waals surface area contributed by atoms with E-state index >= 15 is 0 Å². The fraction of sp³-hybridized carbons (Fsp3) is 0.192. The third-order valence-corrected chi connectivity index (χ3v) is 8.57. The first-order valence-corrected chi connectivity index (χ1v) is 14.0. The highest BCUT2D eigenvalue weighted by molar-refractivity contribution is 8.00. The van der Waals surface area contributed by atoms with Crippen LogP contribution in [0.15, 0.2) is 76.2 Å². The van der Waals surface area contributed by atoms with Gasteiger partial charge in [0.2, 0.25) is 5.91 Å². The minimum Gasteiger partial charge on any atom is -0.368 e. The SMILES string of the molecule is O=C(CSc1ccnc2ccc(N3CCN(c4cccc(Cl)c4Cl)CC3)cc12)N/N=C/c1cccs1. The number of anilines is 2. The van der Waals surface area contributed by atoms with Crippen molar-refractivity contribution in [2.45, 2.75) is 4.90 Å². The molecule has 1 aliphatic rings. The van der Waals surface area contributed by atoms with Crippen molar-refractivity contribution >= 4 is 80.7 Å². The summed E-state index contributed by atoms with van der Waals surface area (Å²) in [5.74, 6) is 0.120. The Balaban J connectivity index is 1.24. The maximum atomic E-state index is 12.3. The quantitative estimate of drug-likeness (QED) is 0.168. The van der Waals surface area contributed by atoms with Crippen molar-refractivity contribution in [1.29, 1.82) is 0 Å². The maximum absolute atomic E-state index is 12.3. The molecule has 0 bridgehead atoms. The third kappa shape index (κ3) is 5.78. The topological polar surface area (TPSA) is 60.8 Å². The third-order valence-electron chi connectivity index (χ3n) is 5.88. The molecule has 2 aromatic carbocycles. The molecule has 2 aromatic heterocycles. The second kappa shape index (κ2) is 11.5. The number of hydrogen-bond donors (Lipinski definition) is 1. The van der Waals surface area contributed by atoms with Gasteiger partial charge in [0, 0.05) is 53.2 Å². The van der Waals surface area contributed by atoms with Gasteiger partial charge in [0.1, 0.15) is 0 Å². The molecule has 184 valence electrons. The fourth-order valence-electron chi connectivity index (χ4n) is 4.08. The molecule has 6 nitrogen and oxygen atoms in total. The zero-order valence-corrected chi connectivity index (χ0v) is 22.4. The molecule has 5 rings (SSSR count). The molecule has 1 amide bonds. The summed E-state index contributed by atoms with van der Waals surface area (Å²) in [5, 5.41) is 8.22. The van der Waals surface area contributed by atoms with E-state index in [-0.39, 0.29) is 11.7 Å². The molecule has 0 atom stereocenters. The molecule has 0 saturated carbocycles. The number of thiophene rings is 1. The Hall–Kier alpha value is -2.78. The van der Waals surface area contributed by atoms with E-state index in [0.29, 0.717) is 10.0 Å². The van der Waals surface area contributed by atoms with Crippen LogP contribution in [0, 0.1) is 0 Å². The van der Waals surface area contributed by atoms with E-state index in [1.54, 1.807) is 23.7 Å². The van der Waals surface area contributed by atoms with Crippen molar-refractivity contribution in [1.82, 2.24) is 10.4 Å². The largest absolute Gasteiger partial charge is 0.368 e. The van der Waals surface area contributed by atoms with Crippen molar-refractivity contribution < 1.29 is 4.79 Å². The van der Waals surface area contributed by atoms with Gasteiger partial charge in [-0.2, -0.15) is 5.10 Å². The van der Waals surface area contributed by atoms with Gasteiger partial charge in [-0.3, -0.25) is 9.78 Å². The summed E-state index contributed by atoms with van der Waals surface area (Å²) < 4.78 is 0. The van der Waals surface area contributed by atoms with E-state index in [1.807, 2.05) is 47.8 Å². The first-order chi connectivity index (χ1) is 17.6. The molecule has 1 saturated heterocycles. The predicted octanol–water partition coefficient (Wildman–Crippen LogP) is 6.17. The summed E-state index contributed by atoms with van der Waals surface area (Å²) in [7, 11) is 0. The van der Waals surface area contributed by atoms with Crippen LogP contribution in [0.1, 0.15) is 4.88 Å².